The number of sulfonamides is 1. The largest absolute Gasteiger partial charge is 0.398 e. The normalized spacial score (nSPS) is 21.6. The molecule has 0 aromatic heterocycles. The van der Waals surface area contributed by atoms with E-state index >= 15 is 0 Å². The third-order valence-corrected chi connectivity index (χ3v) is 5.81. The zero-order valence-electron chi connectivity index (χ0n) is 11.7. The average molecular weight is 298 g/mol. The van der Waals surface area contributed by atoms with Crippen LogP contribution in [0.15, 0.2) is 23.1 Å². The molecule has 0 spiro atoms. The van der Waals surface area contributed by atoms with Gasteiger partial charge < -0.3 is 10.8 Å². The molecule has 0 radical (unpaired) electrons. The molecule has 0 amide bonds. The first-order valence-corrected chi connectivity index (χ1v) is 8.39. The number of nitrogens with two attached hydrogens (primary N) is 1. The Kier molecular flexibility index (Phi) is 4.67. The zero-order valence-corrected chi connectivity index (χ0v) is 12.6. The van der Waals surface area contributed by atoms with Crippen LogP contribution in [0.2, 0.25) is 0 Å². The minimum Gasteiger partial charge on any atom is -0.398 e. The van der Waals surface area contributed by atoms with Crippen LogP contribution in [0.5, 0.6) is 0 Å². The Morgan fingerprint density at radius 1 is 1.35 bits per heavy atom. The van der Waals surface area contributed by atoms with Crippen LogP contribution in [0.3, 0.4) is 0 Å². The summed E-state index contributed by atoms with van der Waals surface area (Å²) in [6, 6.07) is 4.62. The summed E-state index contributed by atoms with van der Waals surface area (Å²) in [5.74, 6) is 0. The lowest BCUT2D eigenvalue weighted by atomic mass is 10.1. The Morgan fingerprint density at radius 3 is 2.75 bits per heavy atom. The van der Waals surface area contributed by atoms with Crippen molar-refractivity contribution in [3.8, 4) is 0 Å². The molecule has 0 aliphatic carbocycles. The summed E-state index contributed by atoms with van der Waals surface area (Å²) in [4.78, 5) is 0.142. The lowest BCUT2D eigenvalue weighted by Gasteiger charge is -2.28. The number of aliphatic hydroxyl groups is 1. The molecular weight excluding hydrogens is 276 g/mol. The number of benzene rings is 1. The van der Waals surface area contributed by atoms with Crippen LogP contribution in [-0.4, -0.2) is 37.0 Å². The van der Waals surface area contributed by atoms with Gasteiger partial charge in [0, 0.05) is 12.6 Å². The van der Waals surface area contributed by atoms with Crippen LogP contribution in [0.4, 0.5) is 5.69 Å². The predicted octanol–water partition coefficient (Wildman–Crippen LogP) is 1.50. The van der Waals surface area contributed by atoms with Crippen molar-refractivity contribution in [2.75, 3.05) is 18.9 Å². The third-order valence-electron chi connectivity index (χ3n) is 3.79. The summed E-state index contributed by atoms with van der Waals surface area (Å²) < 4.78 is 27.0. The van der Waals surface area contributed by atoms with Gasteiger partial charge >= 0.3 is 0 Å². The third kappa shape index (κ3) is 2.97. The fourth-order valence-electron chi connectivity index (χ4n) is 2.68. The van der Waals surface area contributed by atoms with Crippen LogP contribution in [0.25, 0.3) is 0 Å². The van der Waals surface area contributed by atoms with Gasteiger partial charge in [-0.05, 0) is 37.5 Å². The minimum absolute atomic E-state index is 0.142. The molecule has 1 atom stereocenters. The number of aliphatic hydroxyl groups excluding tert-OH is 1. The molecule has 1 heterocycles. The van der Waals surface area contributed by atoms with Crippen molar-refractivity contribution < 1.29 is 13.5 Å². The molecule has 112 valence electrons. The van der Waals surface area contributed by atoms with Gasteiger partial charge in [-0.2, -0.15) is 4.31 Å². The van der Waals surface area contributed by atoms with E-state index in [-0.39, 0.29) is 23.2 Å². The molecular formula is C14H22N2O3S. The minimum atomic E-state index is -3.65. The molecule has 1 saturated heterocycles. The molecule has 1 aromatic rings. The number of nitrogen functional groups attached to an aromatic ring is 1. The molecule has 5 nitrogen and oxygen atoms in total. The smallest absolute Gasteiger partial charge is 0.245 e. The van der Waals surface area contributed by atoms with Crippen LogP contribution in [0, 0.1) is 6.92 Å². The molecule has 1 fully saturated rings. The summed E-state index contributed by atoms with van der Waals surface area (Å²) in [5, 5.41) is 9.47. The van der Waals surface area contributed by atoms with Crippen LogP contribution in [-0.2, 0) is 10.0 Å². The first-order valence-electron chi connectivity index (χ1n) is 6.95. The van der Waals surface area contributed by atoms with Crippen LogP contribution in [0.1, 0.15) is 31.2 Å². The maximum atomic E-state index is 12.8. The molecule has 3 N–H and O–H groups in total. The summed E-state index contributed by atoms with van der Waals surface area (Å²) >= 11 is 0. The monoisotopic (exact) mass is 298 g/mol. The lowest BCUT2D eigenvalue weighted by molar-refractivity contribution is 0.186. The Bertz CT molecular complexity index is 572. The highest BCUT2D eigenvalue weighted by Gasteiger charge is 2.33. The van der Waals surface area contributed by atoms with Gasteiger partial charge in [-0.25, -0.2) is 8.42 Å². The fraction of sp³-hybridized carbons (Fsp3) is 0.571. The van der Waals surface area contributed by atoms with Crippen molar-refractivity contribution in [3.05, 3.63) is 23.8 Å². The first kappa shape index (κ1) is 15.3. The van der Waals surface area contributed by atoms with Gasteiger partial charge in [-0.1, -0.05) is 18.9 Å². The van der Waals surface area contributed by atoms with Crippen molar-refractivity contribution in [1.29, 1.82) is 0 Å². The van der Waals surface area contributed by atoms with E-state index in [0.29, 0.717) is 13.0 Å². The fourth-order valence-corrected chi connectivity index (χ4v) is 4.46. The summed E-state index contributed by atoms with van der Waals surface area (Å²) in [6.45, 7) is 2.17. The molecule has 6 heteroatoms. The van der Waals surface area contributed by atoms with E-state index in [4.69, 9.17) is 5.73 Å². The Morgan fingerprint density at radius 2 is 2.10 bits per heavy atom. The van der Waals surface area contributed by atoms with Crippen LogP contribution < -0.4 is 5.73 Å². The number of hydrogen-bond acceptors (Lipinski definition) is 4. The maximum Gasteiger partial charge on any atom is 0.245 e. The Balaban J connectivity index is 2.41. The van der Waals surface area contributed by atoms with Gasteiger partial charge in [0.25, 0.3) is 0 Å². The van der Waals surface area contributed by atoms with E-state index in [1.54, 1.807) is 18.2 Å². The second kappa shape index (κ2) is 6.11. The van der Waals surface area contributed by atoms with Gasteiger partial charge in [0.2, 0.25) is 10.0 Å². The SMILES string of the molecule is Cc1ccc(S(=O)(=O)N2CCCCCC2CO)c(N)c1. The van der Waals surface area contributed by atoms with Crippen molar-refractivity contribution in [3.63, 3.8) is 0 Å². The molecule has 1 aromatic carbocycles. The van der Waals surface area contributed by atoms with E-state index in [2.05, 4.69) is 0 Å². The summed E-state index contributed by atoms with van der Waals surface area (Å²) in [7, 11) is -3.65. The van der Waals surface area contributed by atoms with Gasteiger partial charge in [0.05, 0.1) is 12.3 Å². The lowest BCUT2D eigenvalue weighted by Crippen LogP contribution is -2.42. The average Bonchev–Trinajstić information content (AvgIpc) is 2.63. The molecule has 1 aliphatic rings. The molecule has 2 rings (SSSR count). The van der Waals surface area contributed by atoms with Crippen molar-refractivity contribution in [2.45, 2.75) is 43.5 Å². The number of anilines is 1. The number of nitrogens with zero attached hydrogens (tertiary/aromatic N) is 1. The van der Waals surface area contributed by atoms with Gasteiger partial charge in [-0.15, -0.1) is 0 Å². The number of hydrogen-bond donors (Lipinski definition) is 2. The van der Waals surface area contributed by atoms with Gasteiger partial charge in [0.15, 0.2) is 0 Å². The van der Waals surface area contributed by atoms with Crippen molar-refractivity contribution in [1.82, 2.24) is 4.31 Å². The predicted molar refractivity (Wildman–Crippen MR) is 78.8 cm³/mol. The van der Waals surface area contributed by atoms with E-state index in [0.717, 1.165) is 24.8 Å². The van der Waals surface area contributed by atoms with Gasteiger partial charge in [-0.3, -0.25) is 0 Å². The van der Waals surface area contributed by atoms with Gasteiger partial charge in [0.1, 0.15) is 4.90 Å². The standard InChI is InChI=1S/C14H22N2O3S/c1-11-6-7-14(13(15)9-11)20(18,19)16-8-4-2-3-5-12(16)10-17/h6-7,9,12,17H,2-5,8,10,15H2,1H3. The molecule has 20 heavy (non-hydrogen) atoms. The molecule has 0 saturated carbocycles. The van der Waals surface area contributed by atoms with E-state index in [1.807, 2.05) is 6.92 Å². The highest BCUT2D eigenvalue weighted by molar-refractivity contribution is 7.89. The summed E-state index contributed by atoms with van der Waals surface area (Å²) in [6.07, 6.45) is 3.45. The van der Waals surface area contributed by atoms with Crippen molar-refractivity contribution in [2.24, 2.45) is 0 Å². The topological polar surface area (TPSA) is 83.6 Å². The number of rotatable bonds is 3. The Labute approximate surface area is 120 Å². The molecule has 1 unspecified atom stereocenters. The van der Waals surface area contributed by atoms with E-state index < -0.39 is 10.0 Å². The quantitative estimate of drug-likeness (QED) is 0.828. The highest BCUT2D eigenvalue weighted by Crippen LogP contribution is 2.28. The Hall–Kier alpha value is -1.11. The molecule has 1 aliphatic heterocycles. The maximum absolute atomic E-state index is 12.8. The second-order valence-corrected chi connectivity index (χ2v) is 7.20. The summed E-state index contributed by atoms with van der Waals surface area (Å²) in [5.41, 5.74) is 7.07. The van der Waals surface area contributed by atoms with Crippen molar-refractivity contribution >= 4 is 15.7 Å². The first-order chi connectivity index (χ1) is 9.46. The van der Waals surface area contributed by atoms with E-state index in [1.165, 1.54) is 4.31 Å². The second-order valence-electron chi connectivity index (χ2n) is 5.34. The van der Waals surface area contributed by atoms with Crippen LogP contribution >= 0.6 is 0 Å². The highest BCUT2D eigenvalue weighted by atomic mass is 32.2. The zero-order chi connectivity index (χ0) is 14.8. The molecule has 0 bridgehead atoms. The number of aryl methyl sites for hydroxylation is 1. The van der Waals surface area contributed by atoms with E-state index in [9.17, 15) is 13.5 Å².